The van der Waals surface area contributed by atoms with Crippen LogP contribution in [0.2, 0.25) is 0 Å². The molecule has 0 fully saturated rings. The van der Waals surface area contributed by atoms with Crippen LogP contribution in [0.1, 0.15) is 12.0 Å². The first kappa shape index (κ1) is 23.0. The third kappa shape index (κ3) is 5.70. The van der Waals surface area contributed by atoms with Crippen molar-refractivity contribution in [3.63, 3.8) is 0 Å². The van der Waals surface area contributed by atoms with Crippen molar-refractivity contribution in [3.05, 3.63) is 72.3 Å². The minimum absolute atomic E-state index is 0.116. The van der Waals surface area contributed by atoms with E-state index in [9.17, 15) is 18.3 Å². The van der Waals surface area contributed by atoms with Crippen molar-refractivity contribution in [1.82, 2.24) is 0 Å². The second-order valence-electron chi connectivity index (χ2n) is 6.88. The Bertz CT molecular complexity index is 1190. The molecule has 0 atom stereocenters. The van der Waals surface area contributed by atoms with Gasteiger partial charge in [0, 0.05) is 17.8 Å². The SMILES string of the molecule is COc1ccc(NS(=O)(=O)c2cc(NC(=O)CCc3ccccc3O)ccc2OC)cc1. The highest BCUT2D eigenvalue weighted by atomic mass is 32.2. The predicted octanol–water partition coefficient (Wildman–Crippen LogP) is 3.78. The highest BCUT2D eigenvalue weighted by Crippen LogP contribution is 2.29. The Kier molecular flexibility index (Phi) is 7.21. The van der Waals surface area contributed by atoms with Gasteiger partial charge in [-0.2, -0.15) is 0 Å². The molecule has 0 aliphatic carbocycles. The number of benzene rings is 3. The van der Waals surface area contributed by atoms with Gasteiger partial charge in [-0.05, 0) is 60.5 Å². The number of carbonyl (C=O) groups excluding carboxylic acids is 1. The van der Waals surface area contributed by atoms with E-state index in [1.54, 1.807) is 54.6 Å². The molecule has 3 aromatic rings. The number of para-hydroxylation sites is 1. The third-order valence-corrected chi connectivity index (χ3v) is 6.09. The minimum atomic E-state index is -4.00. The van der Waals surface area contributed by atoms with E-state index in [2.05, 4.69) is 10.0 Å². The maximum atomic E-state index is 13.0. The minimum Gasteiger partial charge on any atom is -0.508 e. The van der Waals surface area contributed by atoms with Gasteiger partial charge >= 0.3 is 0 Å². The van der Waals surface area contributed by atoms with E-state index in [0.29, 0.717) is 29.1 Å². The van der Waals surface area contributed by atoms with Crippen LogP contribution >= 0.6 is 0 Å². The van der Waals surface area contributed by atoms with Gasteiger partial charge in [0.25, 0.3) is 10.0 Å². The molecule has 8 nitrogen and oxygen atoms in total. The number of sulfonamides is 1. The van der Waals surface area contributed by atoms with E-state index < -0.39 is 10.0 Å². The first-order valence-electron chi connectivity index (χ1n) is 9.74. The predicted molar refractivity (Wildman–Crippen MR) is 122 cm³/mol. The molecule has 0 radical (unpaired) electrons. The van der Waals surface area contributed by atoms with Crippen molar-refractivity contribution < 1.29 is 27.8 Å². The molecule has 0 bridgehead atoms. The Balaban J connectivity index is 1.75. The van der Waals surface area contributed by atoms with Crippen LogP contribution < -0.4 is 19.5 Å². The molecule has 0 aliphatic rings. The highest BCUT2D eigenvalue weighted by Gasteiger charge is 2.21. The van der Waals surface area contributed by atoms with Gasteiger partial charge in [-0.25, -0.2) is 8.42 Å². The van der Waals surface area contributed by atoms with Gasteiger partial charge in [0.1, 0.15) is 22.1 Å². The smallest absolute Gasteiger partial charge is 0.265 e. The Hall–Kier alpha value is -3.72. The van der Waals surface area contributed by atoms with E-state index in [1.165, 1.54) is 26.4 Å². The fourth-order valence-corrected chi connectivity index (χ4v) is 4.28. The van der Waals surface area contributed by atoms with Crippen LogP contribution in [0, 0.1) is 0 Å². The van der Waals surface area contributed by atoms with Gasteiger partial charge in [0.2, 0.25) is 5.91 Å². The maximum Gasteiger partial charge on any atom is 0.265 e. The second-order valence-corrected chi connectivity index (χ2v) is 8.53. The van der Waals surface area contributed by atoms with Gasteiger partial charge in [-0.1, -0.05) is 18.2 Å². The van der Waals surface area contributed by atoms with Crippen molar-refractivity contribution in [2.24, 2.45) is 0 Å². The molecule has 168 valence electrons. The van der Waals surface area contributed by atoms with E-state index in [0.717, 1.165) is 0 Å². The molecule has 3 rings (SSSR count). The molecule has 3 aromatic carbocycles. The quantitative estimate of drug-likeness (QED) is 0.452. The zero-order valence-electron chi connectivity index (χ0n) is 17.7. The van der Waals surface area contributed by atoms with Gasteiger partial charge in [-0.15, -0.1) is 0 Å². The zero-order valence-corrected chi connectivity index (χ0v) is 18.5. The molecule has 0 spiro atoms. The molecule has 0 saturated heterocycles. The van der Waals surface area contributed by atoms with Crippen LogP contribution in [0.25, 0.3) is 0 Å². The Morgan fingerprint density at radius 3 is 2.28 bits per heavy atom. The van der Waals surface area contributed by atoms with Crippen molar-refractivity contribution in [3.8, 4) is 17.2 Å². The number of anilines is 2. The summed E-state index contributed by atoms with van der Waals surface area (Å²) in [5.74, 6) is 0.546. The maximum absolute atomic E-state index is 13.0. The standard InChI is InChI=1S/C23H24N2O6S/c1-30-19-11-8-17(9-12-19)25-32(28,29)22-15-18(10-13-21(22)31-2)24-23(27)14-7-16-5-3-4-6-20(16)26/h3-6,8-13,15,25-26H,7,14H2,1-2H3,(H,24,27). The van der Waals surface area contributed by atoms with Crippen molar-refractivity contribution in [1.29, 1.82) is 0 Å². The number of amides is 1. The summed E-state index contributed by atoms with van der Waals surface area (Å²) < 4.78 is 38.7. The number of aryl methyl sites for hydroxylation is 1. The number of nitrogens with one attached hydrogen (secondary N) is 2. The number of rotatable bonds is 9. The molecular weight excluding hydrogens is 432 g/mol. The Morgan fingerprint density at radius 1 is 0.938 bits per heavy atom. The molecule has 0 aliphatic heterocycles. The number of ether oxygens (including phenoxy) is 2. The number of aromatic hydroxyl groups is 1. The number of hydrogen-bond donors (Lipinski definition) is 3. The molecule has 0 saturated carbocycles. The highest BCUT2D eigenvalue weighted by molar-refractivity contribution is 7.92. The zero-order chi connectivity index (χ0) is 23.1. The summed E-state index contributed by atoms with van der Waals surface area (Å²) in [6.45, 7) is 0. The van der Waals surface area contributed by atoms with Crippen molar-refractivity contribution >= 4 is 27.3 Å². The van der Waals surface area contributed by atoms with Gasteiger partial charge in [0.05, 0.1) is 14.2 Å². The average molecular weight is 457 g/mol. The topological polar surface area (TPSA) is 114 Å². The molecule has 1 amide bonds. The summed E-state index contributed by atoms with van der Waals surface area (Å²) in [6.07, 6.45) is 0.467. The molecule has 0 aromatic heterocycles. The van der Waals surface area contributed by atoms with Crippen LogP contribution in [0.3, 0.4) is 0 Å². The summed E-state index contributed by atoms with van der Waals surface area (Å²) in [5.41, 5.74) is 1.32. The fraction of sp³-hybridized carbons (Fsp3) is 0.174. The van der Waals surface area contributed by atoms with Crippen LogP contribution in [-0.2, 0) is 21.2 Å². The van der Waals surface area contributed by atoms with Crippen LogP contribution in [0.15, 0.2) is 71.6 Å². The molecular formula is C23H24N2O6S. The second kappa shape index (κ2) is 10.1. The lowest BCUT2D eigenvalue weighted by atomic mass is 10.1. The summed E-state index contributed by atoms with van der Waals surface area (Å²) in [4.78, 5) is 12.2. The van der Waals surface area contributed by atoms with Gasteiger partial charge in [0.15, 0.2) is 0 Å². The first-order valence-corrected chi connectivity index (χ1v) is 11.2. The summed E-state index contributed by atoms with van der Waals surface area (Å²) in [6, 6.07) is 17.6. The normalized spacial score (nSPS) is 10.9. The number of carbonyl (C=O) groups is 1. The lowest BCUT2D eigenvalue weighted by Crippen LogP contribution is -2.16. The Labute approximate surface area is 186 Å². The molecule has 0 unspecified atom stereocenters. The number of phenolic OH excluding ortho intramolecular Hbond substituents is 1. The van der Waals surface area contributed by atoms with Crippen LogP contribution in [-0.4, -0.2) is 33.7 Å². The molecule has 9 heteroatoms. The van der Waals surface area contributed by atoms with E-state index in [4.69, 9.17) is 9.47 Å². The van der Waals surface area contributed by atoms with E-state index in [1.807, 2.05) is 0 Å². The molecule has 0 heterocycles. The number of hydrogen-bond acceptors (Lipinski definition) is 6. The molecule has 32 heavy (non-hydrogen) atoms. The first-order chi connectivity index (χ1) is 15.3. The van der Waals surface area contributed by atoms with Crippen LogP contribution in [0.5, 0.6) is 17.2 Å². The summed E-state index contributed by atoms with van der Waals surface area (Å²) in [5, 5.41) is 12.5. The fourth-order valence-electron chi connectivity index (χ4n) is 3.03. The monoisotopic (exact) mass is 456 g/mol. The van der Waals surface area contributed by atoms with Gasteiger partial charge < -0.3 is 19.9 Å². The van der Waals surface area contributed by atoms with Gasteiger partial charge in [-0.3, -0.25) is 9.52 Å². The van der Waals surface area contributed by atoms with Crippen molar-refractivity contribution in [2.45, 2.75) is 17.7 Å². The average Bonchev–Trinajstić information content (AvgIpc) is 2.79. The van der Waals surface area contributed by atoms with E-state index in [-0.39, 0.29) is 28.7 Å². The summed E-state index contributed by atoms with van der Waals surface area (Å²) >= 11 is 0. The lowest BCUT2D eigenvalue weighted by Gasteiger charge is -2.14. The largest absolute Gasteiger partial charge is 0.508 e. The van der Waals surface area contributed by atoms with E-state index >= 15 is 0 Å². The molecule has 3 N–H and O–H groups in total. The number of phenols is 1. The summed E-state index contributed by atoms with van der Waals surface area (Å²) in [7, 11) is -1.11. The third-order valence-electron chi connectivity index (χ3n) is 4.69. The Morgan fingerprint density at radius 2 is 1.62 bits per heavy atom. The van der Waals surface area contributed by atoms with Crippen LogP contribution in [0.4, 0.5) is 11.4 Å². The lowest BCUT2D eigenvalue weighted by molar-refractivity contribution is -0.116. The van der Waals surface area contributed by atoms with Crippen molar-refractivity contribution in [2.75, 3.05) is 24.3 Å². The number of methoxy groups -OCH3 is 2.